The molecule has 1 aromatic heterocycles. The van der Waals surface area contributed by atoms with Gasteiger partial charge in [0.15, 0.2) is 0 Å². The Bertz CT molecular complexity index is 1060. The molecule has 0 saturated carbocycles. The number of methoxy groups -OCH3 is 1. The van der Waals surface area contributed by atoms with Crippen molar-refractivity contribution in [3.63, 3.8) is 0 Å². The van der Waals surface area contributed by atoms with Gasteiger partial charge in [0.2, 0.25) is 5.91 Å². The summed E-state index contributed by atoms with van der Waals surface area (Å²) in [5.74, 6) is 0.203. The van der Waals surface area contributed by atoms with Crippen LogP contribution < -0.4 is 10.1 Å². The van der Waals surface area contributed by atoms with Crippen molar-refractivity contribution in [2.75, 3.05) is 25.5 Å². The van der Waals surface area contributed by atoms with E-state index in [-0.39, 0.29) is 18.4 Å². The maximum Gasteiger partial charge on any atom is 0.255 e. The third-order valence-corrected chi connectivity index (χ3v) is 4.68. The van der Waals surface area contributed by atoms with Crippen molar-refractivity contribution >= 4 is 28.4 Å². The van der Waals surface area contributed by atoms with Crippen molar-refractivity contribution < 1.29 is 14.3 Å². The number of ether oxygens (including phenoxy) is 1. The number of fused-ring (bicyclic) bond motifs is 1. The van der Waals surface area contributed by atoms with Crippen LogP contribution in [0, 0.1) is 13.8 Å². The van der Waals surface area contributed by atoms with Crippen molar-refractivity contribution in [1.29, 1.82) is 0 Å². The number of rotatable bonds is 6. The zero-order valence-corrected chi connectivity index (χ0v) is 17.2. The number of pyridine rings is 1. The number of hydrogen-bond donors (Lipinski definition) is 1. The molecule has 0 aliphatic heterocycles. The third-order valence-electron chi connectivity index (χ3n) is 4.68. The summed E-state index contributed by atoms with van der Waals surface area (Å²) in [6, 6.07) is 14.7. The molecule has 1 N–H and O–H groups in total. The number of aromatic nitrogens is 1. The topological polar surface area (TPSA) is 71.5 Å². The van der Waals surface area contributed by atoms with Gasteiger partial charge in [0.25, 0.3) is 5.91 Å². The fourth-order valence-corrected chi connectivity index (χ4v) is 3.22. The lowest BCUT2D eigenvalue weighted by atomic mass is 10.0. The lowest BCUT2D eigenvalue weighted by Crippen LogP contribution is -2.38. The summed E-state index contributed by atoms with van der Waals surface area (Å²) in [5, 5.41) is 3.62. The van der Waals surface area contributed by atoms with E-state index in [0.29, 0.717) is 23.5 Å². The number of benzene rings is 2. The van der Waals surface area contributed by atoms with E-state index in [2.05, 4.69) is 10.3 Å². The highest BCUT2D eigenvalue weighted by Gasteiger charge is 2.20. The first-order chi connectivity index (χ1) is 13.9. The molecule has 0 fully saturated rings. The Kier molecular flexibility index (Phi) is 6.12. The molecule has 2 aromatic carbocycles. The Morgan fingerprint density at radius 1 is 1.10 bits per heavy atom. The molecule has 6 nitrogen and oxygen atoms in total. The van der Waals surface area contributed by atoms with E-state index in [0.717, 1.165) is 22.2 Å². The van der Waals surface area contributed by atoms with Crippen molar-refractivity contribution in [3.05, 3.63) is 65.4 Å². The number of nitrogens with zero attached hydrogens (tertiary/aromatic N) is 2. The molecule has 0 spiro atoms. The van der Waals surface area contributed by atoms with Crippen LogP contribution in [0.1, 0.15) is 28.5 Å². The normalized spacial score (nSPS) is 10.6. The molecule has 3 rings (SSSR count). The van der Waals surface area contributed by atoms with Crippen LogP contribution in [0.25, 0.3) is 10.9 Å². The van der Waals surface area contributed by atoms with Crippen LogP contribution in [-0.2, 0) is 4.79 Å². The minimum absolute atomic E-state index is 0.0405. The number of anilines is 1. The number of likely N-dealkylation sites (N-methyl/N-ethyl adjacent to an activating group) is 1. The van der Waals surface area contributed by atoms with Crippen LogP contribution >= 0.6 is 0 Å². The van der Waals surface area contributed by atoms with Gasteiger partial charge in [-0.15, -0.1) is 0 Å². The van der Waals surface area contributed by atoms with Crippen LogP contribution in [0.3, 0.4) is 0 Å². The summed E-state index contributed by atoms with van der Waals surface area (Å²) in [4.78, 5) is 31.8. The molecule has 0 radical (unpaired) electrons. The number of aryl methyl sites for hydroxylation is 2. The first-order valence-electron chi connectivity index (χ1n) is 9.52. The Hall–Kier alpha value is -3.41. The molecule has 2 amide bonds. The van der Waals surface area contributed by atoms with Crippen molar-refractivity contribution in [3.8, 4) is 5.75 Å². The average Bonchev–Trinajstić information content (AvgIpc) is 2.71. The molecule has 0 atom stereocenters. The van der Waals surface area contributed by atoms with E-state index in [1.807, 2.05) is 39.0 Å². The minimum Gasteiger partial charge on any atom is -0.497 e. The molecule has 0 bridgehead atoms. The number of amides is 2. The number of carbonyl (C=O) groups excluding carboxylic acids is 2. The predicted molar refractivity (Wildman–Crippen MR) is 114 cm³/mol. The molecule has 29 heavy (non-hydrogen) atoms. The first kappa shape index (κ1) is 20.3. The number of carbonyl (C=O) groups is 2. The van der Waals surface area contributed by atoms with Crippen molar-refractivity contribution in [1.82, 2.24) is 9.88 Å². The standard InChI is InChI=1S/C23H25N3O3/c1-5-26(14-22(27)25-17-7-6-8-18(13-17)29-4)23(28)20-12-16(3)24-21-10-9-15(2)11-19(20)21/h6-13H,5,14H2,1-4H3,(H,25,27). The summed E-state index contributed by atoms with van der Waals surface area (Å²) in [5.41, 5.74) is 3.78. The second-order valence-corrected chi connectivity index (χ2v) is 6.93. The average molecular weight is 391 g/mol. The van der Waals surface area contributed by atoms with Gasteiger partial charge in [-0.1, -0.05) is 17.7 Å². The fourth-order valence-electron chi connectivity index (χ4n) is 3.22. The highest BCUT2D eigenvalue weighted by atomic mass is 16.5. The predicted octanol–water partition coefficient (Wildman–Crippen LogP) is 3.96. The van der Waals surface area contributed by atoms with E-state index >= 15 is 0 Å². The van der Waals surface area contributed by atoms with E-state index in [4.69, 9.17) is 4.74 Å². The van der Waals surface area contributed by atoms with Gasteiger partial charge in [-0.3, -0.25) is 14.6 Å². The highest BCUT2D eigenvalue weighted by molar-refractivity contribution is 6.07. The van der Waals surface area contributed by atoms with Gasteiger partial charge in [0.1, 0.15) is 12.3 Å². The van der Waals surface area contributed by atoms with E-state index in [9.17, 15) is 9.59 Å². The fraction of sp³-hybridized carbons (Fsp3) is 0.261. The SMILES string of the molecule is CCN(CC(=O)Nc1cccc(OC)c1)C(=O)c1cc(C)nc2ccc(C)cc12. The summed E-state index contributed by atoms with van der Waals surface area (Å²) in [7, 11) is 1.57. The maximum absolute atomic E-state index is 13.2. The van der Waals surface area contributed by atoms with E-state index in [1.165, 1.54) is 4.90 Å². The van der Waals surface area contributed by atoms with Gasteiger partial charge in [-0.05, 0) is 51.1 Å². The molecule has 0 aliphatic carbocycles. The molecule has 1 heterocycles. The summed E-state index contributed by atoms with van der Waals surface area (Å²) >= 11 is 0. The minimum atomic E-state index is -0.264. The number of nitrogens with one attached hydrogen (secondary N) is 1. The third kappa shape index (κ3) is 4.71. The van der Waals surface area contributed by atoms with Crippen LogP contribution in [0.2, 0.25) is 0 Å². The van der Waals surface area contributed by atoms with Crippen LogP contribution in [0.4, 0.5) is 5.69 Å². The van der Waals surface area contributed by atoms with E-state index < -0.39 is 0 Å². The zero-order chi connectivity index (χ0) is 21.0. The molecule has 6 heteroatoms. The molecule has 0 aliphatic rings. The van der Waals surface area contributed by atoms with Crippen LogP contribution in [0.15, 0.2) is 48.5 Å². The second kappa shape index (κ2) is 8.73. The maximum atomic E-state index is 13.2. The van der Waals surface area contributed by atoms with Crippen molar-refractivity contribution in [2.24, 2.45) is 0 Å². The smallest absolute Gasteiger partial charge is 0.255 e. The van der Waals surface area contributed by atoms with E-state index in [1.54, 1.807) is 37.4 Å². The molecule has 0 unspecified atom stereocenters. The van der Waals surface area contributed by atoms with Crippen LogP contribution in [0.5, 0.6) is 5.75 Å². The lowest BCUT2D eigenvalue weighted by Gasteiger charge is -2.21. The monoisotopic (exact) mass is 391 g/mol. The Labute approximate surface area is 170 Å². The molecule has 3 aromatic rings. The summed E-state index contributed by atoms with van der Waals surface area (Å²) < 4.78 is 5.17. The molecular weight excluding hydrogens is 366 g/mol. The second-order valence-electron chi connectivity index (χ2n) is 6.93. The highest BCUT2D eigenvalue weighted by Crippen LogP contribution is 2.22. The summed E-state index contributed by atoms with van der Waals surface area (Å²) in [6.07, 6.45) is 0. The molecular formula is C23H25N3O3. The summed E-state index contributed by atoms with van der Waals surface area (Å²) in [6.45, 7) is 6.08. The first-order valence-corrected chi connectivity index (χ1v) is 9.52. The van der Waals surface area contributed by atoms with Crippen LogP contribution in [-0.4, -0.2) is 41.9 Å². The molecule has 0 saturated heterocycles. The zero-order valence-electron chi connectivity index (χ0n) is 17.2. The lowest BCUT2D eigenvalue weighted by molar-refractivity contribution is -0.116. The molecule has 150 valence electrons. The number of hydrogen-bond acceptors (Lipinski definition) is 4. The van der Waals surface area contributed by atoms with Crippen molar-refractivity contribution in [2.45, 2.75) is 20.8 Å². The van der Waals surface area contributed by atoms with Gasteiger partial charge in [0, 0.05) is 29.4 Å². The van der Waals surface area contributed by atoms with Gasteiger partial charge in [-0.25, -0.2) is 0 Å². The quantitative estimate of drug-likeness (QED) is 0.690. The van der Waals surface area contributed by atoms with Gasteiger partial charge >= 0.3 is 0 Å². The van der Waals surface area contributed by atoms with Gasteiger partial charge in [0.05, 0.1) is 18.2 Å². The largest absolute Gasteiger partial charge is 0.497 e. The van der Waals surface area contributed by atoms with Gasteiger partial charge < -0.3 is 15.0 Å². The van der Waals surface area contributed by atoms with Gasteiger partial charge in [-0.2, -0.15) is 0 Å². The Morgan fingerprint density at radius 3 is 2.62 bits per heavy atom. The Morgan fingerprint density at radius 2 is 1.90 bits per heavy atom. The Balaban J connectivity index is 1.83.